The monoisotopic (exact) mass is 421 g/mol. The fraction of sp³-hybridized carbons (Fsp3) is 0.478. The molecule has 1 aromatic carbocycles. The lowest BCUT2D eigenvalue weighted by atomic mass is 9.60. The van der Waals surface area contributed by atoms with Crippen molar-refractivity contribution in [1.29, 1.82) is 0 Å². The first-order chi connectivity index (χ1) is 14.8. The average molecular weight is 422 g/mol. The van der Waals surface area contributed by atoms with Gasteiger partial charge < -0.3 is 14.2 Å². The van der Waals surface area contributed by atoms with Crippen molar-refractivity contribution >= 4 is 5.91 Å². The molecule has 1 saturated carbocycles. The van der Waals surface area contributed by atoms with Crippen molar-refractivity contribution in [1.82, 2.24) is 24.8 Å². The topological polar surface area (TPSA) is 86.3 Å². The van der Waals surface area contributed by atoms with Crippen molar-refractivity contribution < 1.29 is 14.1 Å². The summed E-state index contributed by atoms with van der Waals surface area (Å²) >= 11 is 0. The molecule has 0 bridgehead atoms. The van der Waals surface area contributed by atoms with Gasteiger partial charge in [-0.3, -0.25) is 9.48 Å². The molecule has 0 atom stereocenters. The number of ether oxygens (including phenoxy) is 1. The number of hydrogen-bond donors (Lipinski definition) is 0. The van der Waals surface area contributed by atoms with Gasteiger partial charge in [0.2, 0.25) is 11.7 Å². The van der Waals surface area contributed by atoms with E-state index in [1.807, 2.05) is 60.8 Å². The van der Waals surface area contributed by atoms with Gasteiger partial charge in [0, 0.05) is 35.0 Å². The molecule has 2 aromatic heterocycles. The first-order valence-corrected chi connectivity index (χ1v) is 10.6. The first kappa shape index (κ1) is 19.8. The Kier molecular flexibility index (Phi) is 4.42. The molecule has 162 valence electrons. The highest BCUT2D eigenvalue weighted by Crippen LogP contribution is 2.54. The summed E-state index contributed by atoms with van der Waals surface area (Å²) in [6.45, 7) is 7.71. The highest BCUT2D eigenvalue weighted by molar-refractivity contribution is 5.95. The zero-order valence-corrected chi connectivity index (χ0v) is 18.3. The van der Waals surface area contributed by atoms with Crippen molar-refractivity contribution in [2.75, 3.05) is 20.2 Å². The third kappa shape index (κ3) is 3.49. The van der Waals surface area contributed by atoms with Crippen LogP contribution in [0.1, 0.15) is 55.9 Å². The zero-order chi connectivity index (χ0) is 21.8. The molecule has 3 aromatic rings. The van der Waals surface area contributed by atoms with E-state index in [2.05, 4.69) is 15.2 Å². The maximum absolute atomic E-state index is 12.9. The normalized spacial score (nSPS) is 18.0. The number of methoxy groups -OCH3 is 1. The molecular weight excluding hydrogens is 394 g/mol. The Hall–Kier alpha value is -3.16. The van der Waals surface area contributed by atoms with Crippen molar-refractivity contribution in [2.45, 2.75) is 45.1 Å². The number of rotatable bonds is 4. The fourth-order valence-corrected chi connectivity index (χ4v) is 4.51. The number of benzene rings is 1. The molecule has 0 unspecified atom stereocenters. The van der Waals surface area contributed by atoms with Gasteiger partial charge in [0.05, 0.1) is 25.5 Å². The molecule has 1 aliphatic heterocycles. The minimum atomic E-state index is -0.196. The molecule has 1 saturated heterocycles. The summed E-state index contributed by atoms with van der Waals surface area (Å²) in [7, 11) is 1.65. The van der Waals surface area contributed by atoms with Gasteiger partial charge in [-0.2, -0.15) is 10.1 Å². The van der Waals surface area contributed by atoms with Crippen LogP contribution in [0.5, 0.6) is 5.75 Å². The molecule has 1 amide bonds. The highest BCUT2D eigenvalue weighted by atomic mass is 16.5. The van der Waals surface area contributed by atoms with Gasteiger partial charge in [0.1, 0.15) is 0 Å². The van der Waals surface area contributed by atoms with E-state index in [0.717, 1.165) is 37.2 Å². The lowest BCUT2D eigenvalue weighted by molar-refractivity contribution is -0.0738. The summed E-state index contributed by atoms with van der Waals surface area (Å²) in [5, 5.41) is 8.45. The van der Waals surface area contributed by atoms with Crippen LogP contribution in [0.4, 0.5) is 0 Å². The van der Waals surface area contributed by atoms with E-state index in [1.54, 1.807) is 13.3 Å². The van der Waals surface area contributed by atoms with Gasteiger partial charge in [-0.15, -0.1) is 0 Å². The summed E-state index contributed by atoms with van der Waals surface area (Å²) in [4.78, 5) is 19.3. The predicted molar refractivity (Wildman–Crippen MR) is 114 cm³/mol. The molecule has 2 fully saturated rings. The van der Waals surface area contributed by atoms with E-state index in [0.29, 0.717) is 23.3 Å². The molecular formula is C23H27N5O3. The van der Waals surface area contributed by atoms with E-state index in [-0.39, 0.29) is 16.7 Å². The largest absolute Gasteiger partial charge is 0.493 e. The van der Waals surface area contributed by atoms with Crippen molar-refractivity contribution in [3.8, 4) is 17.1 Å². The highest BCUT2D eigenvalue weighted by Gasteiger charge is 2.54. The van der Waals surface area contributed by atoms with E-state index >= 15 is 0 Å². The van der Waals surface area contributed by atoms with Crippen molar-refractivity contribution in [3.05, 3.63) is 48.1 Å². The van der Waals surface area contributed by atoms with Crippen LogP contribution in [0.2, 0.25) is 0 Å². The Morgan fingerprint density at radius 1 is 1.19 bits per heavy atom. The van der Waals surface area contributed by atoms with Crippen LogP contribution < -0.4 is 4.74 Å². The molecule has 2 aliphatic rings. The van der Waals surface area contributed by atoms with Crippen LogP contribution >= 0.6 is 0 Å². The Bertz CT molecular complexity index is 1090. The second-order valence-electron chi connectivity index (χ2n) is 9.83. The van der Waals surface area contributed by atoms with Gasteiger partial charge in [0.25, 0.3) is 5.91 Å². The molecule has 8 nitrogen and oxygen atoms in total. The van der Waals surface area contributed by atoms with Crippen molar-refractivity contribution in [2.24, 2.45) is 5.41 Å². The lowest BCUT2D eigenvalue weighted by Crippen LogP contribution is -2.63. The third-order valence-electron chi connectivity index (χ3n) is 6.32. The Morgan fingerprint density at radius 3 is 2.48 bits per heavy atom. The van der Waals surface area contributed by atoms with Crippen LogP contribution in [-0.4, -0.2) is 50.9 Å². The Morgan fingerprint density at radius 2 is 1.90 bits per heavy atom. The molecule has 5 rings (SSSR count). The molecule has 0 N–H and O–H groups in total. The smallest absolute Gasteiger partial charge is 0.253 e. The van der Waals surface area contributed by atoms with Gasteiger partial charge in [0.15, 0.2) is 5.75 Å². The molecule has 1 spiro atoms. The quantitative estimate of drug-likeness (QED) is 0.638. The number of carbonyl (C=O) groups is 1. The number of nitrogens with zero attached hydrogens (tertiary/aromatic N) is 5. The van der Waals surface area contributed by atoms with Crippen LogP contribution in [0.25, 0.3) is 11.4 Å². The molecule has 3 heterocycles. The number of likely N-dealkylation sites (tertiary alicyclic amines) is 1. The number of carbonyl (C=O) groups excluding carboxylic acids is 1. The SMILES string of the molecule is COc1cnn(C2CC3(C2)CN(C(=O)c2ccc(-c4noc(C(C)(C)C)n4)cc2)C3)c1. The average Bonchev–Trinajstić information content (AvgIpc) is 3.35. The third-order valence-corrected chi connectivity index (χ3v) is 6.32. The summed E-state index contributed by atoms with van der Waals surface area (Å²) in [5.41, 5.74) is 1.57. The Labute approximate surface area is 181 Å². The van der Waals surface area contributed by atoms with Gasteiger partial charge in [-0.25, -0.2) is 0 Å². The Balaban J connectivity index is 1.18. The van der Waals surface area contributed by atoms with Crippen LogP contribution in [0, 0.1) is 5.41 Å². The van der Waals surface area contributed by atoms with E-state index in [4.69, 9.17) is 9.26 Å². The van der Waals surface area contributed by atoms with Crippen LogP contribution in [0.15, 0.2) is 41.2 Å². The predicted octanol–water partition coefficient (Wildman–Crippen LogP) is 3.72. The van der Waals surface area contributed by atoms with Gasteiger partial charge in [-0.1, -0.05) is 38.1 Å². The minimum Gasteiger partial charge on any atom is -0.493 e. The second kappa shape index (κ2) is 6.93. The summed E-state index contributed by atoms with van der Waals surface area (Å²) in [5.74, 6) is 2.00. The molecule has 31 heavy (non-hydrogen) atoms. The second-order valence-corrected chi connectivity index (χ2v) is 9.83. The summed E-state index contributed by atoms with van der Waals surface area (Å²) in [6, 6.07) is 7.84. The number of amides is 1. The van der Waals surface area contributed by atoms with E-state index in [1.165, 1.54) is 0 Å². The summed E-state index contributed by atoms with van der Waals surface area (Å²) in [6.07, 6.45) is 5.78. The minimum absolute atomic E-state index is 0.0740. The maximum atomic E-state index is 12.9. The molecule has 0 radical (unpaired) electrons. The van der Waals surface area contributed by atoms with E-state index < -0.39 is 0 Å². The standard InChI is InChI=1S/C23H27N5O3/c1-22(2,3)21-25-19(26-31-21)15-5-7-16(8-6-15)20(29)27-13-23(14-27)9-17(10-23)28-12-18(30-4)11-24-28/h5-8,11-12,17H,9-10,13-14H2,1-4H3. The summed E-state index contributed by atoms with van der Waals surface area (Å²) < 4.78 is 12.6. The molecule has 1 aliphatic carbocycles. The first-order valence-electron chi connectivity index (χ1n) is 10.6. The number of aromatic nitrogens is 4. The van der Waals surface area contributed by atoms with Crippen molar-refractivity contribution in [3.63, 3.8) is 0 Å². The van der Waals surface area contributed by atoms with Gasteiger partial charge >= 0.3 is 0 Å². The lowest BCUT2D eigenvalue weighted by Gasteiger charge is -2.58. The maximum Gasteiger partial charge on any atom is 0.253 e. The van der Waals surface area contributed by atoms with Crippen LogP contribution in [-0.2, 0) is 5.41 Å². The number of hydrogen-bond acceptors (Lipinski definition) is 6. The fourth-order valence-electron chi connectivity index (χ4n) is 4.51. The zero-order valence-electron chi connectivity index (χ0n) is 18.3. The van der Waals surface area contributed by atoms with Crippen LogP contribution in [0.3, 0.4) is 0 Å². The van der Waals surface area contributed by atoms with E-state index in [9.17, 15) is 4.79 Å². The molecule has 8 heteroatoms. The van der Waals surface area contributed by atoms with Gasteiger partial charge in [-0.05, 0) is 25.0 Å².